The number of methoxy groups -OCH3 is 1. The van der Waals surface area contributed by atoms with Gasteiger partial charge >= 0.3 is 0 Å². The summed E-state index contributed by atoms with van der Waals surface area (Å²) in [4.78, 5) is 12.6. The molecule has 0 spiro atoms. The number of nitrogens with one attached hydrogen (secondary N) is 1. The van der Waals surface area contributed by atoms with Crippen molar-refractivity contribution in [2.24, 2.45) is 0 Å². The lowest BCUT2D eigenvalue weighted by molar-refractivity contribution is 0.0952. The highest BCUT2D eigenvalue weighted by Gasteiger charge is 2.12. The Kier molecular flexibility index (Phi) is 3.78. The third-order valence-electron chi connectivity index (χ3n) is 2.91. The first-order valence-corrected chi connectivity index (χ1v) is 7.16. The molecule has 0 bridgehead atoms. The van der Waals surface area contributed by atoms with Gasteiger partial charge in [-0.1, -0.05) is 23.5 Å². The smallest absolute Gasteiger partial charge is 0.282 e. The van der Waals surface area contributed by atoms with Crippen molar-refractivity contribution in [2.45, 2.75) is 6.42 Å². The van der Waals surface area contributed by atoms with E-state index >= 15 is 0 Å². The maximum atomic E-state index is 12.0. The number of fused-ring (bicyclic) bond motifs is 1. The van der Waals surface area contributed by atoms with Gasteiger partial charge in [-0.2, -0.15) is 4.52 Å². The normalized spacial score (nSPS) is 10.7. The number of carbonyl (C=O) groups excluding carboxylic acids is 1. The Morgan fingerprint density at radius 1 is 1.48 bits per heavy atom. The summed E-state index contributed by atoms with van der Waals surface area (Å²) in [5.41, 5.74) is 1.10. The molecule has 0 atom stereocenters. The molecule has 0 saturated heterocycles. The molecule has 0 saturated carbocycles. The average Bonchev–Trinajstić information content (AvgIpc) is 3.08. The van der Waals surface area contributed by atoms with Crippen molar-refractivity contribution in [3.05, 3.63) is 41.2 Å². The van der Waals surface area contributed by atoms with Gasteiger partial charge < -0.3 is 10.1 Å². The van der Waals surface area contributed by atoms with Gasteiger partial charge in [0.2, 0.25) is 9.97 Å². The summed E-state index contributed by atoms with van der Waals surface area (Å²) in [6.45, 7) is 0.534. The maximum Gasteiger partial charge on any atom is 0.282 e. The first kappa shape index (κ1) is 13.5. The Morgan fingerprint density at radius 3 is 3.19 bits per heavy atom. The molecule has 2 aromatic heterocycles. The summed E-state index contributed by atoms with van der Waals surface area (Å²) >= 11 is 1.21. The summed E-state index contributed by atoms with van der Waals surface area (Å²) in [6.07, 6.45) is 2.20. The quantitative estimate of drug-likeness (QED) is 0.765. The Bertz CT molecular complexity index is 738. The molecule has 0 aliphatic heterocycles. The van der Waals surface area contributed by atoms with Crippen LogP contribution in [0.5, 0.6) is 5.75 Å². The van der Waals surface area contributed by atoms with Crippen molar-refractivity contribution in [3.63, 3.8) is 0 Å². The third kappa shape index (κ3) is 3.00. The van der Waals surface area contributed by atoms with Crippen LogP contribution in [0.2, 0.25) is 0 Å². The summed E-state index contributed by atoms with van der Waals surface area (Å²) in [7, 11) is 1.63. The van der Waals surface area contributed by atoms with Crippen LogP contribution in [0.4, 0.5) is 0 Å². The van der Waals surface area contributed by atoms with Crippen LogP contribution in [0.15, 0.2) is 30.6 Å². The van der Waals surface area contributed by atoms with Gasteiger partial charge in [0, 0.05) is 6.54 Å². The van der Waals surface area contributed by atoms with Gasteiger partial charge in [0.15, 0.2) is 0 Å². The number of aromatic nitrogens is 4. The fourth-order valence-corrected chi connectivity index (χ4v) is 2.61. The summed E-state index contributed by atoms with van der Waals surface area (Å²) in [5, 5.41) is 14.9. The lowest BCUT2D eigenvalue weighted by Crippen LogP contribution is -2.25. The lowest BCUT2D eigenvalue weighted by atomic mass is 10.1. The van der Waals surface area contributed by atoms with E-state index in [9.17, 15) is 4.79 Å². The van der Waals surface area contributed by atoms with Crippen molar-refractivity contribution in [1.29, 1.82) is 0 Å². The van der Waals surface area contributed by atoms with Crippen molar-refractivity contribution in [3.8, 4) is 5.75 Å². The number of hydrogen-bond acceptors (Lipinski definition) is 6. The fraction of sp³-hybridized carbons (Fsp3) is 0.231. The minimum absolute atomic E-state index is 0.201. The van der Waals surface area contributed by atoms with Gasteiger partial charge in [-0.25, -0.2) is 0 Å². The molecule has 1 N–H and O–H groups in total. The summed E-state index contributed by atoms with van der Waals surface area (Å²) in [6, 6.07) is 7.77. The van der Waals surface area contributed by atoms with E-state index in [-0.39, 0.29) is 5.91 Å². The van der Waals surface area contributed by atoms with Crippen LogP contribution in [0.1, 0.15) is 15.4 Å². The largest absolute Gasteiger partial charge is 0.497 e. The van der Waals surface area contributed by atoms with E-state index in [1.165, 1.54) is 22.2 Å². The molecule has 21 heavy (non-hydrogen) atoms. The minimum Gasteiger partial charge on any atom is -0.497 e. The second kappa shape index (κ2) is 5.88. The standard InChI is InChI=1S/C13H13N5O2S/c1-20-10-4-2-3-9(7-10)5-6-14-11(19)12-17-18-8-15-16-13(18)21-12/h2-4,7-8H,5-6H2,1H3,(H,14,19). The Hall–Kier alpha value is -2.48. The van der Waals surface area contributed by atoms with Gasteiger partial charge in [-0.05, 0) is 24.1 Å². The highest BCUT2D eigenvalue weighted by molar-refractivity contribution is 7.18. The van der Waals surface area contributed by atoms with Gasteiger partial charge in [0.25, 0.3) is 5.91 Å². The molecular formula is C13H13N5O2S. The number of nitrogens with zero attached hydrogens (tertiary/aromatic N) is 4. The zero-order valence-corrected chi connectivity index (χ0v) is 12.1. The van der Waals surface area contributed by atoms with E-state index in [4.69, 9.17) is 4.74 Å². The molecule has 0 aliphatic carbocycles. The number of amides is 1. The van der Waals surface area contributed by atoms with Gasteiger partial charge in [0.05, 0.1) is 7.11 Å². The van der Waals surface area contributed by atoms with Crippen LogP contribution < -0.4 is 10.1 Å². The maximum absolute atomic E-state index is 12.0. The SMILES string of the molecule is COc1cccc(CCNC(=O)c2nn3cnnc3s2)c1. The molecule has 2 heterocycles. The molecular weight excluding hydrogens is 290 g/mol. The van der Waals surface area contributed by atoms with Crippen LogP contribution >= 0.6 is 11.3 Å². The molecule has 0 radical (unpaired) electrons. The second-order valence-electron chi connectivity index (χ2n) is 4.32. The molecule has 1 amide bonds. The van der Waals surface area contributed by atoms with E-state index in [1.807, 2.05) is 24.3 Å². The Morgan fingerprint density at radius 2 is 2.38 bits per heavy atom. The zero-order valence-electron chi connectivity index (χ0n) is 11.3. The van der Waals surface area contributed by atoms with Crippen LogP contribution in [0.3, 0.4) is 0 Å². The minimum atomic E-state index is -0.201. The molecule has 3 aromatic rings. The third-order valence-corrected chi connectivity index (χ3v) is 3.83. The molecule has 0 unspecified atom stereocenters. The zero-order chi connectivity index (χ0) is 14.7. The van der Waals surface area contributed by atoms with Gasteiger partial charge in [0.1, 0.15) is 12.1 Å². The Labute approximate surface area is 124 Å². The van der Waals surface area contributed by atoms with E-state index in [0.29, 0.717) is 16.5 Å². The molecule has 1 aromatic carbocycles. The number of ether oxygens (including phenoxy) is 1. The van der Waals surface area contributed by atoms with E-state index in [0.717, 1.165) is 17.7 Å². The number of hydrogen-bond donors (Lipinski definition) is 1. The Balaban J connectivity index is 1.57. The molecule has 0 aliphatic rings. The predicted octanol–water partition coefficient (Wildman–Crippen LogP) is 1.17. The van der Waals surface area contributed by atoms with Crippen LogP contribution in [-0.4, -0.2) is 39.4 Å². The summed E-state index contributed by atoms with van der Waals surface area (Å²) < 4.78 is 6.65. The topological polar surface area (TPSA) is 81.4 Å². The van der Waals surface area contributed by atoms with E-state index in [1.54, 1.807) is 7.11 Å². The van der Waals surface area contributed by atoms with E-state index in [2.05, 4.69) is 20.6 Å². The van der Waals surface area contributed by atoms with Crippen molar-refractivity contribution in [2.75, 3.05) is 13.7 Å². The van der Waals surface area contributed by atoms with E-state index < -0.39 is 0 Å². The van der Waals surface area contributed by atoms with Crippen molar-refractivity contribution >= 4 is 22.2 Å². The van der Waals surface area contributed by atoms with Gasteiger partial charge in [-0.15, -0.1) is 15.3 Å². The molecule has 8 heteroatoms. The first-order chi connectivity index (χ1) is 10.3. The summed E-state index contributed by atoms with van der Waals surface area (Å²) in [5.74, 6) is 0.612. The number of rotatable bonds is 5. The second-order valence-corrected chi connectivity index (χ2v) is 5.28. The fourth-order valence-electron chi connectivity index (χ4n) is 1.88. The predicted molar refractivity (Wildman–Crippen MR) is 77.7 cm³/mol. The average molecular weight is 303 g/mol. The van der Waals surface area contributed by atoms with Crippen molar-refractivity contribution in [1.82, 2.24) is 25.1 Å². The van der Waals surface area contributed by atoms with Crippen molar-refractivity contribution < 1.29 is 9.53 Å². The van der Waals surface area contributed by atoms with Gasteiger partial charge in [-0.3, -0.25) is 4.79 Å². The highest BCUT2D eigenvalue weighted by Crippen LogP contribution is 2.13. The molecule has 7 nitrogen and oxygen atoms in total. The molecule has 0 fully saturated rings. The lowest BCUT2D eigenvalue weighted by Gasteiger charge is -2.05. The first-order valence-electron chi connectivity index (χ1n) is 6.34. The molecule has 108 valence electrons. The monoisotopic (exact) mass is 303 g/mol. The highest BCUT2D eigenvalue weighted by atomic mass is 32.1. The van der Waals surface area contributed by atoms with Crippen LogP contribution in [0, 0.1) is 0 Å². The van der Waals surface area contributed by atoms with Crippen LogP contribution in [0.25, 0.3) is 4.96 Å². The molecule has 3 rings (SSSR count). The number of carbonyl (C=O) groups is 1. The number of benzene rings is 1. The van der Waals surface area contributed by atoms with Crippen LogP contribution in [-0.2, 0) is 6.42 Å².